The highest BCUT2D eigenvalue weighted by Gasteiger charge is 2.39. The summed E-state index contributed by atoms with van der Waals surface area (Å²) in [5.41, 5.74) is -0.202. The van der Waals surface area contributed by atoms with Crippen LogP contribution >= 0.6 is 15.4 Å². The number of hydrogen-bond acceptors (Lipinski definition) is 7. The van der Waals surface area contributed by atoms with Gasteiger partial charge in [0.2, 0.25) is 0 Å². The third kappa shape index (κ3) is 8.26. The molecular weight excluding hydrogens is 342 g/mol. The fourth-order valence-corrected chi connectivity index (χ4v) is 4.97. The first-order valence-electron chi connectivity index (χ1n) is 8.16. The van der Waals surface area contributed by atoms with E-state index in [0.717, 1.165) is 25.7 Å². The van der Waals surface area contributed by atoms with Crippen LogP contribution in [0.1, 0.15) is 53.4 Å². The van der Waals surface area contributed by atoms with Crippen molar-refractivity contribution in [3.8, 4) is 0 Å². The van der Waals surface area contributed by atoms with Crippen molar-refractivity contribution in [2.75, 3.05) is 32.8 Å². The van der Waals surface area contributed by atoms with Crippen molar-refractivity contribution in [3.63, 3.8) is 0 Å². The van der Waals surface area contributed by atoms with Gasteiger partial charge >= 0.3 is 15.4 Å². The van der Waals surface area contributed by atoms with Gasteiger partial charge in [0.25, 0.3) is 0 Å². The van der Waals surface area contributed by atoms with E-state index in [9.17, 15) is 9.13 Å². The molecule has 0 aromatic carbocycles. The van der Waals surface area contributed by atoms with Crippen molar-refractivity contribution in [2.45, 2.75) is 53.4 Å². The molecule has 0 aromatic heterocycles. The molecule has 0 radical (unpaired) electrons. The number of hydrogen-bond donors (Lipinski definition) is 0. The zero-order valence-corrected chi connectivity index (χ0v) is 16.4. The predicted octanol–water partition coefficient (Wildman–Crippen LogP) is 4.97. The molecule has 0 bridgehead atoms. The molecule has 0 spiro atoms. The van der Waals surface area contributed by atoms with E-state index < -0.39 is 21.8 Å². The maximum atomic E-state index is 12.6. The van der Waals surface area contributed by atoms with Gasteiger partial charge in [0, 0.05) is 5.41 Å². The topological polar surface area (TPSA) is 80.3 Å². The molecule has 1 aliphatic rings. The van der Waals surface area contributed by atoms with Crippen LogP contribution in [0.3, 0.4) is 0 Å². The molecule has 0 aromatic rings. The molecule has 1 rings (SSSR count). The molecule has 0 saturated carbocycles. The summed E-state index contributed by atoms with van der Waals surface area (Å²) in [7, 11) is -7.17. The van der Waals surface area contributed by atoms with Gasteiger partial charge in [-0.2, -0.15) is 0 Å². The van der Waals surface area contributed by atoms with Gasteiger partial charge in [-0.25, -0.2) is 4.57 Å². The molecule has 0 N–H and O–H groups in total. The lowest BCUT2D eigenvalue weighted by molar-refractivity contribution is 0.0312. The van der Waals surface area contributed by atoms with Gasteiger partial charge in [-0.1, -0.05) is 40.5 Å². The molecular formula is C14H30O7P2. The predicted molar refractivity (Wildman–Crippen MR) is 88.6 cm³/mol. The maximum Gasteiger partial charge on any atom is 0.475 e. The van der Waals surface area contributed by atoms with Crippen LogP contribution in [0.2, 0.25) is 0 Å². The summed E-state index contributed by atoms with van der Waals surface area (Å²) in [4.78, 5) is 0. The molecule has 1 heterocycles. The summed E-state index contributed by atoms with van der Waals surface area (Å²) in [6, 6.07) is 0. The standard InChI is InChI=1S/C14H30O7P2/c1-5-7-9-17-23(16,18-10-8-6-2)21-13-22(15)19-11-14(3,4)12-20-22/h5-13H2,1-4H3. The molecule has 0 atom stereocenters. The molecule has 7 nitrogen and oxygen atoms in total. The van der Waals surface area contributed by atoms with Crippen LogP contribution in [-0.2, 0) is 31.7 Å². The minimum Gasteiger partial charge on any atom is -0.306 e. The molecule has 23 heavy (non-hydrogen) atoms. The molecule has 1 fully saturated rings. The lowest BCUT2D eigenvalue weighted by Crippen LogP contribution is -2.30. The molecule has 1 aliphatic heterocycles. The summed E-state index contributed by atoms with van der Waals surface area (Å²) in [5.74, 6) is 0. The average molecular weight is 372 g/mol. The smallest absolute Gasteiger partial charge is 0.306 e. The summed E-state index contributed by atoms with van der Waals surface area (Å²) in [5, 5.41) is 0. The van der Waals surface area contributed by atoms with E-state index in [1.165, 1.54) is 0 Å². The Bertz CT molecular complexity index is 411. The second-order valence-electron chi connectivity index (χ2n) is 6.40. The molecule has 0 amide bonds. The lowest BCUT2D eigenvalue weighted by Gasteiger charge is -2.34. The van der Waals surface area contributed by atoms with Crippen molar-refractivity contribution in [1.82, 2.24) is 0 Å². The zero-order chi connectivity index (χ0) is 17.4. The van der Waals surface area contributed by atoms with Gasteiger partial charge in [-0.15, -0.1) is 0 Å². The second kappa shape index (κ2) is 9.67. The minimum absolute atomic E-state index is 0.202. The summed E-state index contributed by atoms with van der Waals surface area (Å²) in [6.45, 7) is 9.01. The molecule has 0 aliphatic carbocycles. The number of phosphoric ester groups is 1. The van der Waals surface area contributed by atoms with Crippen LogP contribution in [-0.4, -0.2) is 32.8 Å². The van der Waals surface area contributed by atoms with Crippen molar-refractivity contribution < 1.29 is 31.7 Å². The third-order valence-corrected chi connectivity index (χ3v) is 6.31. The van der Waals surface area contributed by atoms with Crippen LogP contribution in [0.15, 0.2) is 0 Å². The van der Waals surface area contributed by atoms with Crippen LogP contribution in [0.4, 0.5) is 0 Å². The highest BCUT2D eigenvalue weighted by molar-refractivity contribution is 7.55. The van der Waals surface area contributed by atoms with Crippen molar-refractivity contribution in [2.24, 2.45) is 5.41 Å². The Hall–Kier alpha value is 0.260. The molecule has 138 valence electrons. The summed E-state index contributed by atoms with van der Waals surface area (Å²) in [6.07, 6.45) is 2.84. The second-order valence-corrected chi connectivity index (χ2v) is 10.1. The van der Waals surface area contributed by atoms with E-state index in [1.807, 2.05) is 27.7 Å². The van der Waals surface area contributed by atoms with Gasteiger partial charge in [0.05, 0.1) is 26.4 Å². The highest BCUT2D eigenvalue weighted by atomic mass is 31.2. The highest BCUT2D eigenvalue weighted by Crippen LogP contribution is 2.59. The van der Waals surface area contributed by atoms with E-state index in [-0.39, 0.29) is 18.6 Å². The van der Waals surface area contributed by atoms with Crippen molar-refractivity contribution in [1.29, 1.82) is 0 Å². The van der Waals surface area contributed by atoms with Gasteiger partial charge in [-0.3, -0.25) is 18.1 Å². The van der Waals surface area contributed by atoms with Crippen molar-refractivity contribution >= 4 is 15.4 Å². The van der Waals surface area contributed by atoms with Gasteiger partial charge in [-0.05, 0) is 12.8 Å². The maximum absolute atomic E-state index is 12.6. The van der Waals surface area contributed by atoms with Crippen LogP contribution in [0, 0.1) is 5.41 Å². The fraction of sp³-hybridized carbons (Fsp3) is 1.00. The SMILES string of the molecule is CCCCOP(=O)(OCCCC)OCP1(=O)OCC(C)(C)CO1. The largest absolute Gasteiger partial charge is 0.475 e. The van der Waals surface area contributed by atoms with E-state index in [4.69, 9.17) is 22.6 Å². The Balaban J connectivity index is 2.55. The van der Waals surface area contributed by atoms with E-state index in [2.05, 4.69) is 0 Å². The van der Waals surface area contributed by atoms with Crippen molar-refractivity contribution in [3.05, 3.63) is 0 Å². The Morgan fingerprint density at radius 3 is 1.91 bits per heavy atom. The zero-order valence-electron chi connectivity index (χ0n) is 14.6. The quantitative estimate of drug-likeness (QED) is 0.374. The first-order chi connectivity index (χ1) is 10.7. The Morgan fingerprint density at radius 2 is 1.48 bits per heavy atom. The average Bonchev–Trinajstić information content (AvgIpc) is 2.50. The number of unbranched alkanes of at least 4 members (excludes halogenated alkanes) is 2. The van der Waals surface area contributed by atoms with Crippen LogP contribution in [0.5, 0.6) is 0 Å². The van der Waals surface area contributed by atoms with E-state index >= 15 is 0 Å². The third-order valence-electron chi connectivity index (χ3n) is 3.17. The minimum atomic E-state index is -3.75. The summed E-state index contributed by atoms with van der Waals surface area (Å²) < 4.78 is 51.4. The first kappa shape index (κ1) is 21.3. The monoisotopic (exact) mass is 372 g/mol. The number of phosphoric acid groups is 1. The van der Waals surface area contributed by atoms with Crippen LogP contribution in [0.25, 0.3) is 0 Å². The van der Waals surface area contributed by atoms with E-state index in [1.54, 1.807) is 0 Å². The van der Waals surface area contributed by atoms with Gasteiger partial charge in [0.15, 0.2) is 6.35 Å². The Morgan fingerprint density at radius 1 is 1.00 bits per heavy atom. The Kier molecular flexibility index (Phi) is 8.95. The Labute approximate surface area is 139 Å². The molecule has 9 heteroatoms. The number of rotatable bonds is 11. The molecule has 0 unspecified atom stereocenters. The lowest BCUT2D eigenvalue weighted by atomic mass is 9.97. The summed E-state index contributed by atoms with van der Waals surface area (Å²) >= 11 is 0. The van der Waals surface area contributed by atoms with Crippen LogP contribution < -0.4 is 0 Å². The molecule has 1 saturated heterocycles. The van der Waals surface area contributed by atoms with E-state index in [0.29, 0.717) is 13.2 Å². The van der Waals surface area contributed by atoms with Gasteiger partial charge < -0.3 is 9.05 Å². The normalized spacial score (nSPS) is 20.5. The fourth-order valence-electron chi connectivity index (χ4n) is 1.59. The first-order valence-corrected chi connectivity index (χ1v) is 11.3. The van der Waals surface area contributed by atoms with Gasteiger partial charge in [0.1, 0.15) is 0 Å².